The molecule has 1 aromatic rings. The van der Waals surface area contributed by atoms with E-state index in [1.807, 2.05) is 0 Å². The molecule has 174 valence electrons. The van der Waals surface area contributed by atoms with Gasteiger partial charge in [0.15, 0.2) is 0 Å². The predicted octanol–water partition coefficient (Wildman–Crippen LogP) is 2.09. The smallest absolute Gasteiger partial charge is 0.323 e. The molecule has 9 heteroatoms. The Morgan fingerprint density at radius 1 is 1.16 bits per heavy atom. The number of nitrogens with two attached hydrogens (primary N) is 1. The molecule has 0 aliphatic rings. The van der Waals surface area contributed by atoms with Gasteiger partial charge in [0.25, 0.3) is 0 Å². The van der Waals surface area contributed by atoms with Crippen molar-refractivity contribution in [2.24, 2.45) is 5.73 Å². The van der Waals surface area contributed by atoms with E-state index in [9.17, 15) is 14.4 Å². The van der Waals surface area contributed by atoms with E-state index in [-0.39, 0.29) is 25.4 Å². The Morgan fingerprint density at radius 2 is 1.87 bits per heavy atom. The molecule has 0 spiro atoms. The first-order chi connectivity index (χ1) is 14.6. The van der Waals surface area contributed by atoms with Gasteiger partial charge in [0, 0.05) is 31.5 Å². The van der Waals surface area contributed by atoms with Gasteiger partial charge in [0.2, 0.25) is 5.91 Å². The topological polar surface area (TPSA) is 126 Å². The molecule has 1 rings (SSSR count). The molecule has 0 bridgehead atoms. The van der Waals surface area contributed by atoms with E-state index in [0.717, 1.165) is 0 Å². The molecule has 1 amide bonds. The van der Waals surface area contributed by atoms with E-state index in [1.165, 1.54) is 7.11 Å². The maximum atomic E-state index is 12.1. The number of rotatable bonds is 12. The van der Waals surface area contributed by atoms with Gasteiger partial charge < -0.3 is 30.0 Å². The third kappa shape index (κ3) is 10.7. The highest BCUT2D eigenvalue weighted by atomic mass is 16.6. The zero-order valence-electron chi connectivity index (χ0n) is 19.0. The van der Waals surface area contributed by atoms with Crippen LogP contribution in [0.2, 0.25) is 0 Å². The van der Waals surface area contributed by atoms with E-state index in [4.69, 9.17) is 24.7 Å². The quantitative estimate of drug-likeness (QED) is 0.375. The second-order valence-corrected chi connectivity index (χ2v) is 7.94. The molecule has 0 heterocycles. The molecule has 0 aliphatic heterocycles. The Morgan fingerprint density at radius 3 is 2.48 bits per heavy atom. The predicted molar refractivity (Wildman–Crippen MR) is 115 cm³/mol. The number of hydrogen-bond donors (Lipinski definition) is 2. The van der Waals surface area contributed by atoms with E-state index < -0.39 is 23.6 Å². The van der Waals surface area contributed by atoms with Gasteiger partial charge in [-0.1, -0.05) is 0 Å². The molecule has 1 atom stereocenters. The molecule has 3 N–H and O–H groups in total. The number of nitrogens with one attached hydrogen (secondary N) is 1. The largest absolute Gasteiger partial charge is 0.496 e. The van der Waals surface area contributed by atoms with Crippen LogP contribution in [0.5, 0.6) is 11.5 Å². The summed E-state index contributed by atoms with van der Waals surface area (Å²) in [4.78, 5) is 35.1. The van der Waals surface area contributed by atoms with E-state index in [0.29, 0.717) is 36.5 Å². The van der Waals surface area contributed by atoms with Crippen molar-refractivity contribution in [2.75, 3.05) is 20.8 Å². The maximum absolute atomic E-state index is 12.1. The van der Waals surface area contributed by atoms with Gasteiger partial charge in [-0.3, -0.25) is 14.4 Å². The summed E-state index contributed by atoms with van der Waals surface area (Å²) in [6.07, 6.45) is 1.13. The molecule has 0 saturated carbocycles. The van der Waals surface area contributed by atoms with Crippen LogP contribution in [0.15, 0.2) is 18.2 Å². The summed E-state index contributed by atoms with van der Waals surface area (Å²) in [6.45, 7) is 5.67. The number of carbonyl (C=O) groups is 3. The molecule has 0 saturated heterocycles. The summed E-state index contributed by atoms with van der Waals surface area (Å²) in [5.74, 6) is 0.0166. The van der Waals surface area contributed by atoms with Crippen molar-refractivity contribution in [1.29, 1.82) is 0 Å². The average Bonchev–Trinajstić information content (AvgIpc) is 2.72. The first kappa shape index (κ1) is 26.2. The Hall–Kier alpha value is -2.81. The molecule has 1 aromatic carbocycles. The van der Waals surface area contributed by atoms with Crippen LogP contribution in [0, 0.1) is 0 Å². The molecule has 0 aromatic heterocycles. The van der Waals surface area contributed by atoms with Gasteiger partial charge in [0.1, 0.15) is 29.7 Å². The highest BCUT2D eigenvalue weighted by Gasteiger charge is 2.21. The maximum Gasteiger partial charge on any atom is 0.323 e. The normalized spacial score (nSPS) is 11.9. The third-order valence-electron chi connectivity index (χ3n) is 4.11. The van der Waals surface area contributed by atoms with Crippen LogP contribution in [0.1, 0.15) is 52.0 Å². The summed E-state index contributed by atoms with van der Waals surface area (Å²) < 4.78 is 21.4. The SMILES string of the molecule is CNC(=O)CCCOc1ccc(COC(=O)[C@@H](N)CCC(=O)OC(C)(C)C)c(OC)c1. The van der Waals surface area contributed by atoms with Crippen molar-refractivity contribution >= 4 is 17.8 Å². The van der Waals surface area contributed by atoms with Crippen molar-refractivity contribution in [3.8, 4) is 11.5 Å². The highest BCUT2D eigenvalue weighted by molar-refractivity contribution is 5.77. The minimum atomic E-state index is -0.929. The summed E-state index contributed by atoms with van der Waals surface area (Å²) in [5.41, 5.74) is 5.89. The van der Waals surface area contributed by atoms with Gasteiger partial charge in [-0.25, -0.2) is 0 Å². The third-order valence-corrected chi connectivity index (χ3v) is 4.11. The average molecular weight is 439 g/mol. The second kappa shape index (κ2) is 12.8. The fourth-order valence-corrected chi connectivity index (χ4v) is 2.52. The van der Waals surface area contributed by atoms with E-state index in [2.05, 4.69) is 5.32 Å². The lowest BCUT2D eigenvalue weighted by Gasteiger charge is -2.20. The number of methoxy groups -OCH3 is 1. The molecule has 0 radical (unpaired) electrons. The van der Waals surface area contributed by atoms with Crippen LogP contribution in [0.4, 0.5) is 0 Å². The monoisotopic (exact) mass is 438 g/mol. The zero-order valence-corrected chi connectivity index (χ0v) is 19.0. The summed E-state index contributed by atoms with van der Waals surface area (Å²) in [7, 11) is 3.09. The van der Waals surface area contributed by atoms with Gasteiger partial charge in [0.05, 0.1) is 13.7 Å². The number of ether oxygens (including phenoxy) is 4. The number of amides is 1. The summed E-state index contributed by atoms with van der Waals surface area (Å²) >= 11 is 0. The van der Waals surface area contributed by atoms with Gasteiger partial charge in [-0.15, -0.1) is 0 Å². The lowest BCUT2D eigenvalue weighted by Crippen LogP contribution is -2.33. The van der Waals surface area contributed by atoms with Crippen molar-refractivity contribution < 1.29 is 33.3 Å². The first-order valence-electron chi connectivity index (χ1n) is 10.2. The molecule has 31 heavy (non-hydrogen) atoms. The van der Waals surface area contributed by atoms with E-state index >= 15 is 0 Å². The molecular formula is C22H34N2O7. The minimum absolute atomic E-state index is 0.0287. The van der Waals surface area contributed by atoms with Crippen LogP contribution >= 0.6 is 0 Å². The molecule has 0 fully saturated rings. The minimum Gasteiger partial charge on any atom is -0.496 e. The van der Waals surface area contributed by atoms with Crippen molar-refractivity contribution in [2.45, 2.75) is 64.7 Å². The van der Waals surface area contributed by atoms with Gasteiger partial charge in [-0.2, -0.15) is 0 Å². The van der Waals surface area contributed by atoms with Crippen LogP contribution in [0.25, 0.3) is 0 Å². The van der Waals surface area contributed by atoms with Crippen molar-refractivity contribution in [3.63, 3.8) is 0 Å². The van der Waals surface area contributed by atoms with Gasteiger partial charge in [-0.05, 0) is 45.7 Å². The number of hydrogen-bond acceptors (Lipinski definition) is 8. The Labute approximate surface area is 183 Å². The number of esters is 2. The lowest BCUT2D eigenvalue weighted by atomic mass is 10.1. The Bertz CT molecular complexity index is 744. The molecule has 0 unspecified atom stereocenters. The zero-order chi connectivity index (χ0) is 23.4. The Balaban J connectivity index is 2.49. The summed E-state index contributed by atoms with van der Waals surface area (Å²) in [6, 6.07) is 4.22. The Kier molecular flexibility index (Phi) is 10.8. The molecule has 0 aliphatic carbocycles. The van der Waals surface area contributed by atoms with Crippen LogP contribution in [0.3, 0.4) is 0 Å². The fourth-order valence-electron chi connectivity index (χ4n) is 2.52. The number of benzene rings is 1. The lowest BCUT2D eigenvalue weighted by molar-refractivity contribution is -0.155. The van der Waals surface area contributed by atoms with Crippen molar-refractivity contribution in [1.82, 2.24) is 5.32 Å². The van der Waals surface area contributed by atoms with Gasteiger partial charge >= 0.3 is 11.9 Å². The second-order valence-electron chi connectivity index (χ2n) is 7.94. The standard InChI is InChI=1S/C22H34N2O7/c1-22(2,3)31-20(26)11-10-17(23)21(27)30-14-15-8-9-16(13-18(15)28-5)29-12-6-7-19(25)24-4/h8-9,13,17H,6-7,10-12,14,23H2,1-5H3,(H,24,25)/t17-/m0/s1. The summed E-state index contributed by atoms with van der Waals surface area (Å²) in [5, 5.41) is 2.55. The van der Waals surface area contributed by atoms with Crippen LogP contribution < -0.4 is 20.5 Å². The van der Waals surface area contributed by atoms with Crippen LogP contribution in [-0.2, 0) is 30.5 Å². The molecule has 9 nitrogen and oxygen atoms in total. The number of carbonyl (C=O) groups excluding carboxylic acids is 3. The molecular weight excluding hydrogens is 404 g/mol. The van der Waals surface area contributed by atoms with Crippen molar-refractivity contribution in [3.05, 3.63) is 23.8 Å². The first-order valence-corrected chi connectivity index (χ1v) is 10.2. The highest BCUT2D eigenvalue weighted by Crippen LogP contribution is 2.25. The van der Waals surface area contributed by atoms with Crippen LogP contribution in [-0.4, -0.2) is 50.3 Å². The fraction of sp³-hybridized carbons (Fsp3) is 0.591. The van der Waals surface area contributed by atoms with E-state index in [1.54, 1.807) is 46.0 Å².